The van der Waals surface area contributed by atoms with Gasteiger partial charge in [0.15, 0.2) is 12.6 Å². The molecule has 1 N–H and O–H groups in total. The van der Waals surface area contributed by atoms with Crippen LogP contribution < -0.4 is 0 Å². The number of ether oxygens (including phenoxy) is 4. The van der Waals surface area contributed by atoms with Crippen LogP contribution in [0.3, 0.4) is 0 Å². The highest BCUT2D eigenvalue weighted by atomic mass is 16.7. The molecule has 2 unspecified atom stereocenters. The highest BCUT2D eigenvalue weighted by Gasteiger charge is 2.46. The van der Waals surface area contributed by atoms with E-state index in [0.717, 1.165) is 63.7 Å². The average molecular weight is 489 g/mol. The van der Waals surface area contributed by atoms with Gasteiger partial charge in [0.05, 0.1) is 18.8 Å². The topological polar surface area (TPSA) is 57.2 Å². The Bertz CT molecular complexity index is 716. The smallest absolute Gasteiger partial charge is 0.158 e. The number of aliphatic hydroxyl groups is 1. The second-order valence-corrected chi connectivity index (χ2v) is 10.8. The van der Waals surface area contributed by atoms with E-state index in [1.807, 2.05) is 6.92 Å². The first-order chi connectivity index (χ1) is 17.2. The molecule has 0 aromatic rings. The summed E-state index contributed by atoms with van der Waals surface area (Å²) in [4.78, 5) is 0. The summed E-state index contributed by atoms with van der Waals surface area (Å²) in [5.74, 6) is 1.32. The van der Waals surface area contributed by atoms with E-state index in [9.17, 15) is 5.11 Å². The van der Waals surface area contributed by atoms with Crippen LogP contribution in [-0.4, -0.2) is 49.7 Å². The van der Waals surface area contributed by atoms with Crippen molar-refractivity contribution in [3.63, 3.8) is 0 Å². The van der Waals surface area contributed by atoms with Crippen LogP contribution in [0.2, 0.25) is 0 Å². The molecule has 0 amide bonds. The fourth-order valence-electron chi connectivity index (χ4n) is 6.32. The third-order valence-corrected chi connectivity index (χ3v) is 8.33. The lowest BCUT2D eigenvalue weighted by atomic mass is 9.91. The minimum Gasteiger partial charge on any atom is -0.392 e. The van der Waals surface area contributed by atoms with Crippen molar-refractivity contribution in [2.45, 2.75) is 116 Å². The van der Waals surface area contributed by atoms with E-state index in [2.05, 4.69) is 31.2 Å². The van der Waals surface area contributed by atoms with Gasteiger partial charge in [-0.05, 0) is 87.7 Å². The van der Waals surface area contributed by atoms with Crippen molar-refractivity contribution in [3.05, 3.63) is 35.5 Å². The number of hydrogen-bond acceptors (Lipinski definition) is 5. The normalized spacial score (nSPS) is 34.8. The molecule has 0 radical (unpaired) electrons. The lowest BCUT2D eigenvalue weighted by molar-refractivity contribution is -0.192. The second kappa shape index (κ2) is 14.1. The van der Waals surface area contributed by atoms with E-state index in [0.29, 0.717) is 17.8 Å². The molecule has 2 saturated heterocycles. The minimum absolute atomic E-state index is 0.0669. The van der Waals surface area contributed by atoms with Crippen LogP contribution in [0.1, 0.15) is 90.9 Å². The Morgan fingerprint density at radius 2 is 1.89 bits per heavy atom. The highest BCUT2D eigenvalue weighted by molar-refractivity contribution is 5.37. The summed E-state index contributed by atoms with van der Waals surface area (Å²) in [7, 11) is 0. The van der Waals surface area contributed by atoms with Crippen LogP contribution in [0.25, 0.3) is 0 Å². The van der Waals surface area contributed by atoms with E-state index in [4.69, 9.17) is 18.9 Å². The molecule has 4 aliphatic rings. The van der Waals surface area contributed by atoms with Gasteiger partial charge in [0.25, 0.3) is 0 Å². The summed E-state index contributed by atoms with van der Waals surface area (Å²) < 4.78 is 24.9. The van der Waals surface area contributed by atoms with Crippen molar-refractivity contribution in [3.8, 4) is 0 Å². The molecular weight excluding hydrogens is 440 g/mol. The minimum atomic E-state index is -0.0705. The first-order valence-corrected chi connectivity index (χ1v) is 14.4. The van der Waals surface area contributed by atoms with Crippen LogP contribution in [0, 0.1) is 17.8 Å². The fourth-order valence-corrected chi connectivity index (χ4v) is 6.32. The number of aliphatic hydroxyl groups excluding tert-OH is 1. The van der Waals surface area contributed by atoms with E-state index < -0.39 is 0 Å². The Morgan fingerprint density at radius 3 is 2.54 bits per heavy atom. The van der Waals surface area contributed by atoms with Crippen molar-refractivity contribution < 1.29 is 24.1 Å². The molecule has 2 aliphatic heterocycles. The number of rotatable bonds is 12. The van der Waals surface area contributed by atoms with Crippen molar-refractivity contribution in [1.82, 2.24) is 0 Å². The van der Waals surface area contributed by atoms with Crippen LogP contribution in [0.5, 0.6) is 0 Å². The van der Waals surface area contributed by atoms with Gasteiger partial charge >= 0.3 is 0 Å². The van der Waals surface area contributed by atoms with Crippen LogP contribution in [-0.2, 0) is 18.9 Å². The molecular formula is C30H48O5. The molecule has 5 heteroatoms. The quantitative estimate of drug-likeness (QED) is 0.252. The molecule has 4 rings (SSSR count). The lowest BCUT2D eigenvalue weighted by Crippen LogP contribution is -2.31. The average Bonchev–Trinajstić information content (AvgIpc) is 3.42. The largest absolute Gasteiger partial charge is 0.392 e. The van der Waals surface area contributed by atoms with Crippen molar-refractivity contribution >= 4 is 0 Å². The van der Waals surface area contributed by atoms with E-state index in [1.54, 1.807) is 0 Å². The number of fused-ring (bicyclic) bond motifs is 1. The molecule has 2 heterocycles. The Labute approximate surface area is 212 Å². The molecule has 7 atom stereocenters. The van der Waals surface area contributed by atoms with Gasteiger partial charge in [0.2, 0.25) is 0 Å². The van der Waals surface area contributed by atoms with Gasteiger partial charge in [-0.15, -0.1) is 0 Å². The predicted molar refractivity (Wildman–Crippen MR) is 139 cm³/mol. The zero-order valence-electron chi connectivity index (χ0n) is 22.0. The zero-order valence-corrected chi connectivity index (χ0v) is 22.0. The molecule has 198 valence electrons. The molecule has 0 spiro atoms. The third-order valence-electron chi connectivity index (χ3n) is 8.33. The molecule has 0 aromatic carbocycles. The van der Waals surface area contributed by atoms with Gasteiger partial charge < -0.3 is 24.1 Å². The molecule has 0 bridgehead atoms. The fraction of sp³-hybridized carbons (Fsp3) is 0.800. The van der Waals surface area contributed by atoms with Crippen molar-refractivity contribution in [1.29, 1.82) is 0 Å². The maximum absolute atomic E-state index is 9.83. The summed E-state index contributed by atoms with van der Waals surface area (Å²) in [6, 6.07) is 0. The summed E-state index contributed by atoms with van der Waals surface area (Å²) in [5, 5.41) is 9.83. The number of hydrogen-bond donors (Lipinski definition) is 1. The maximum Gasteiger partial charge on any atom is 0.158 e. The predicted octanol–water partition coefficient (Wildman–Crippen LogP) is 6.47. The Morgan fingerprint density at radius 1 is 1.11 bits per heavy atom. The first-order valence-electron chi connectivity index (χ1n) is 14.4. The van der Waals surface area contributed by atoms with Gasteiger partial charge in [0.1, 0.15) is 0 Å². The third kappa shape index (κ3) is 7.52. The Balaban J connectivity index is 1.49. The van der Waals surface area contributed by atoms with Crippen molar-refractivity contribution in [2.75, 3.05) is 19.8 Å². The summed E-state index contributed by atoms with van der Waals surface area (Å²) in [6.45, 7) is 6.01. The van der Waals surface area contributed by atoms with E-state index in [-0.39, 0.29) is 31.4 Å². The molecule has 35 heavy (non-hydrogen) atoms. The lowest BCUT2D eigenvalue weighted by Gasteiger charge is -2.29. The standard InChI is InChI=1S/C30H48O5/c1-3-5-6-11-25(34-29-12-7-9-16-32-29)14-15-26-27-19-23(22(4-2)21-31)18-24(27)20-28(26)35-30-13-8-10-17-33-30/h4,14-15,19,24-31H,3,5-13,16-18,20-21H2,1-2H3/b15-14+,22-4+/t24-,25-,26+,27-,28+,29?,30?/m0/s1. The van der Waals surface area contributed by atoms with Crippen LogP contribution >= 0.6 is 0 Å². The summed E-state index contributed by atoms with van der Waals surface area (Å²) in [5.41, 5.74) is 2.40. The van der Waals surface area contributed by atoms with Gasteiger partial charge in [0, 0.05) is 19.1 Å². The number of allylic oxidation sites excluding steroid dienone is 2. The zero-order chi connectivity index (χ0) is 24.5. The first kappa shape index (κ1) is 27.1. The summed E-state index contributed by atoms with van der Waals surface area (Å²) in [6.07, 6.45) is 22.7. The van der Waals surface area contributed by atoms with E-state index in [1.165, 1.54) is 37.7 Å². The Kier molecular flexibility index (Phi) is 10.9. The Hall–Kier alpha value is -0.980. The van der Waals surface area contributed by atoms with Gasteiger partial charge in [-0.25, -0.2) is 0 Å². The highest BCUT2D eigenvalue weighted by Crippen LogP contribution is 2.50. The number of unbranched alkanes of at least 4 members (excludes halogenated alkanes) is 2. The second-order valence-electron chi connectivity index (χ2n) is 10.8. The molecule has 5 nitrogen and oxygen atoms in total. The molecule has 3 fully saturated rings. The van der Waals surface area contributed by atoms with Gasteiger partial charge in [-0.3, -0.25) is 0 Å². The monoisotopic (exact) mass is 488 g/mol. The molecule has 2 aliphatic carbocycles. The summed E-state index contributed by atoms with van der Waals surface area (Å²) >= 11 is 0. The SMILES string of the molecule is C/C=C(\CO)C1=C[C@H]2[C@@H](C1)C[C@@H](OC1CCCCO1)[C@@H]2/C=C/[C@H](CCCCC)OC1CCCCO1. The van der Waals surface area contributed by atoms with E-state index >= 15 is 0 Å². The molecule has 1 saturated carbocycles. The van der Waals surface area contributed by atoms with Gasteiger partial charge in [-0.2, -0.15) is 0 Å². The molecule has 0 aromatic heterocycles. The van der Waals surface area contributed by atoms with Crippen molar-refractivity contribution in [2.24, 2.45) is 17.8 Å². The maximum atomic E-state index is 9.83. The van der Waals surface area contributed by atoms with Crippen LogP contribution in [0.15, 0.2) is 35.5 Å². The van der Waals surface area contributed by atoms with Gasteiger partial charge in [-0.1, -0.05) is 50.5 Å². The van der Waals surface area contributed by atoms with Crippen LogP contribution in [0.4, 0.5) is 0 Å².